The van der Waals surface area contributed by atoms with Gasteiger partial charge in [0, 0.05) is 25.1 Å². The highest BCUT2D eigenvalue weighted by Gasteiger charge is 2.02. The fourth-order valence-electron chi connectivity index (χ4n) is 0.767. The molecule has 0 unspecified atom stereocenters. The molecule has 11 heavy (non-hydrogen) atoms. The second kappa shape index (κ2) is 4.23. The summed E-state index contributed by atoms with van der Waals surface area (Å²) in [6, 6.07) is 0. The van der Waals surface area contributed by atoms with E-state index in [9.17, 15) is 0 Å². The van der Waals surface area contributed by atoms with Crippen LogP contribution in [0.1, 0.15) is 19.8 Å². The zero-order valence-electron chi connectivity index (χ0n) is 6.82. The predicted octanol–water partition coefficient (Wildman–Crippen LogP) is 1.17. The molecule has 0 spiro atoms. The van der Waals surface area contributed by atoms with E-state index in [-0.39, 0.29) is 0 Å². The Kier molecular flexibility index (Phi) is 3.22. The van der Waals surface area contributed by atoms with E-state index in [1.807, 2.05) is 7.05 Å². The number of anilines is 1. The molecule has 62 valence electrons. The van der Waals surface area contributed by atoms with E-state index < -0.39 is 0 Å². The summed E-state index contributed by atoms with van der Waals surface area (Å²) >= 11 is 1.34. The van der Waals surface area contributed by atoms with Gasteiger partial charge < -0.3 is 4.90 Å². The fourth-order valence-corrected chi connectivity index (χ4v) is 1.22. The first-order valence-electron chi connectivity index (χ1n) is 3.70. The lowest BCUT2D eigenvalue weighted by Gasteiger charge is -2.12. The van der Waals surface area contributed by atoms with Crippen LogP contribution in [0.15, 0.2) is 0 Å². The van der Waals surface area contributed by atoms with Crippen LogP contribution in [0.5, 0.6) is 0 Å². The monoisotopic (exact) mass is 172 g/mol. The second-order valence-electron chi connectivity index (χ2n) is 2.42. The Bertz CT molecular complexity index is 186. The molecule has 0 radical (unpaired) electrons. The van der Waals surface area contributed by atoms with Crippen LogP contribution in [-0.4, -0.2) is 28.4 Å². The van der Waals surface area contributed by atoms with Crippen LogP contribution >= 0.6 is 11.5 Å². The predicted molar refractivity (Wildman–Crippen MR) is 45.9 cm³/mol. The maximum absolute atomic E-state index is 3.85. The Morgan fingerprint density at radius 2 is 2.36 bits per heavy atom. The van der Waals surface area contributed by atoms with E-state index in [4.69, 9.17) is 0 Å². The minimum Gasteiger partial charge on any atom is -0.348 e. The average molecular weight is 172 g/mol. The van der Waals surface area contributed by atoms with Crippen LogP contribution < -0.4 is 4.90 Å². The first kappa shape index (κ1) is 8.39. The third-order valence-corrected chi connectivity index (χ3v) is 2.17. The summed E-state index contributed by atoms with van der Waals surface area (Å²) < 4.78 is 3.69. The van der Waals surface area contributed by atoms with Gasteiger partial charge in [-0.1, -0.05) is 22.9 Å². The summed E-state index contributed by atoms with van der Waals surface area (Å²) in [4.78, 5) is 2.08. The Balaban J connectivity index is 2.36. The minimum atomic E-state index is 0.901. The van der Waals surface area contributed by atoms with Crippen molar-refractivity contribution in [1.29, 1.82) is 0 Å². The molecule has 1 aromatic heterocycles. The van der Waals surface area contributed by atoms with E-state index in [0.29, 0.717) is 0 Å². The SMILES string of the molecule is CCCCN(C)c1nnns1. The molecular formula is C6H12N4S. The van der Waals surface area contributed by atoms with Gasteiger partial charge in [-0.25, -0.2) is 0 Å². The zero-order valence-corrected chi connectivity index (χ0v) is 7.63. The third-order valence-electron chi connectivity index (χ3n) is 1.46. The van der Waals surface area contributed by atoms with Gasteiger partial charge in [0.15, 0.2) is 0 Å². The van der Waals surface area contributed by atoms with Crippen LogP contribution in [0.25, 0.3) is 0 Å². The molecule has 0 atom stereocenters. The molecule has 5 heteroatoms. The number of aromatic nitrogens is 3. The molecule has 0 N–H and O–H groups in total. The summed E-state index contributed by atoms with van der Waals surface area (Å²) in [6.45, 7) is 3.21. The third kappa shape index (κ3) is 2.42. The van der Waals surface area contributed by atoms with Crippen molar-refractivity contribution in [3.63, 3.8) is 0 Å². The summed E-state index contributed by atoms with van der Waals surface area (Å²) in [7, 11) is 2.01. The van der Waals surface area contributed by atoms with Crippen molar-refractivity contribution in [2.45, 2.75) is 19.8 Å². The Hall–Kier alpha value is -0.710. The van der Waals surface area contributed by atoms with Gasteiger partial charge in [0.05, 0.1) is 0 Å². The van der Waals surface area contributed by atoms with Gasteiger partial charge in [-0.05, 0) is 11.6 Å². The Morgan fingerprint density at radius 3 is 2.91 bits per heavy atom. The van der Waals surface area contributed by atoms with Gasteiger partial charge >= 0.3 is 0 Å². The van der Waals surface area contributed by atoms with Gasteiger partial charge in [-0.2, -0.15) is 0 Å². The largest absolute Gasteiger partial charge is 0.348 e. The van der Waals surface area contributed by atoms with Crippen molar-refractivity contribution < 1.29 is 0 Å². The lowest BCUT2D eigenvalue weighted by Crippen LogP contribution is -2.17. The molecule has 0 amide bonds. The Labute approximate surface area is 70.4 Å². The highest BCUT2D eigenvalue weighted by molar-refractivity contribution is 7.09. The smallest absolute Gasteiger partial charge is 0.227 e. The molecule has 1 aromatic rings. The van der Waals surface area contributed by atoms with Crippen molar-refractivity contribution in [3.05, 3.63) is 0 Å². The van der Waals surface area contributed by atoms with E-state index in [1.54, 1.807) is 0 Å². The summed E-state index contributed by atoms with van der Waals surface area (Å²) in [5.41, 5.74) is 0. The molecule has 0 saturated heterocycles. The van der Waals surface area contributed by atoms with E-state index >= 15 is 0 Å². The number of hydrogen-bond donors (Lipinski definition) is 0. The van der Waals surface area contributed by atoms with E-state index in [0.717, 1.165) is 11.7 Å². The zero-order chi connectivity index (χ0) is 8.10. The van der Waals surface area contributed by atoms with Crippen LogP contribution in [-0.2, 0) is 0 Å². The first-order valence-corrected chi connectivity index (χ1v) is 4.48. The standard InChI is InChI=1S/C6H12N4S/c1-3-4-5-10(2)6-7-8-9-11-6/h3-5H2,1-2H3. The van der Waals surface area contributed by atoms with Crippen LogP contribution in [0, 0.1) is 0 Å². The van der Waals surface area contributed by atoms with Crippen molar-refractivity contribution in [2.75, 3.05) is 18.5 Å². The fraction of sp³-hybridized carbons (Fsp3) is 0.833. The highest BCUT2D eigenvalue weighted by Crippen LogP contribution is 2.11. The van der Waals surface area contributed by atoms with E-state index in [2.05, 4.69) is 26.6 Å². The molecule has 4 nitrogen and oxygen atoms in total. The van der Waals surface area contributed by atoms with Crippen molar-refractivity contribution in [2.24, 2.45) is 0 Å². The van der Waals surface area contributed by atoms with Gasteiger partial charge in [-0.15, -0.1) is 0 Å². The number of unbranched alkanes of at least 4 members (excludes halogenated alkanes) is 1. The summed E-state index contributed by atoms with van der Waals surface area (Å²) in [5, 5.41) is 8.28. The number of nitrogens with zero attached hydrogens (tertiary/aromatic N) is 4. The topological polar surface area (TPSA) is 41.9 Å². The maximum atomic E-state index is 3.85. The molecule has 0 bridgehead atoms. The van der Waals surface area contributed by atoms with Crippen LogP contribution in [0.2, 0.25) is 0 Å². The maximum Gasteiger partial charge on any atom is 0.227 e. The van der Waals surface area contributed by atoms with E-state index in [1.165, 1.54) is 24.4 Å². The lowest BCUT2D eigenvalue weighted by atomic mass is 10.3. The highest BCUT2D eigenvalue weighted by atomic mass is 32.1. The average Bonchev–Trinajstić information content (AvgIpc) is 2.52. The van der Waals surface area contributed by atoms with Gasteiger partial charge in [0.1, 0.15) is 0 Å². The van der Waals surface area contributed by atoms with Crippen LogP contribution in [0.4, 0.5) is 5.13 Å². The van der Waals surface area contributed by atoms with Crippen molar-refractivity contribution in [1.82, 2.24) is 14.8 Å². The summed E-state index contributed by atoms with van der Waals surface area (Å²) in [6.07, 6.45) is 2.40. The first-order chi connectivity index (χ1) is 5.34. The second-order valence-corrected chi connectivity index (χ2v) is 3.13. The number of rotatable bonds is 4. The molecule has 0 aliphatic heterocycles. The molecular weight excluding hydrogens is 160 g/mol. The molecule has 0 fully saturated rings. The summed E-state index contributed by atoms with van der Waals surface area (Å²) in [5.74, 6) is 0. The van der Waals surface area contributed by atoms with Gasteiger partial charge in [-0.3, -0.25) is 0 Å². The van der Waals surface area contributed by atoms with Crippen LogP contribution in [0.3, 0.4) is 0 Å². The van der Waals surface area contributed by atoms with Gasteiger partial charge in [0.2, 0.25) is 5.13 Å². The molecule has 1 heterocycles. The van der Waals surface area contributed by atoms with Crippen molar-refractivity contribution >= 4 is 16.7 Å². The molecule has 0 aliphatic rings. The molecule has 0 aromatic carbocycles. The quantitative estimate of drug-likeness (QED) is 0.683. The lowest BCUT2D eigenvalue weighted by molar-refractivity contribution is 0.759. The Morgan fingerprint density at radius 1 is 1.55 bits per heavy atom. The normalized spacial score (nSPS) is 10.0. The molecule has 0 saturated carbocycles. The minimum absolute atomic E-state index is 0.901. The molecule has 1 rings (SSSR count). The van der Waals surface area contributed by atoms with Crippen molar-refractivity contribution in [3.8, 4) is 0 Å². The van der Waals surface area contributed by atoms with Gasteiger partial charge in [0.25, 0.3) is 0 Å². The molecule has 0 aliphatic carbocycles. The number of hydrogen-bond acceptors (Lipinski definition) is 5.